The molecule has 9 N–H and O–H groups in total. The summed E-state index contributed by atoms with van der Waals surface area (Å²) < 4.78 is 0. The molecule has 0 unspecified atom stereocenters. The van der Waals surface area contributed by atoms with E-state index in [-0.39, 0.29) is 19.5 Å². The summed E-state index contributed by atoms with van der Waals surface area (Å²) >= 11 is 0. The lowest BCUT2D eigenvalue weighted by Crippen LogP contribution is -2.60. The molecule has 1 heterocycles. The van der Waals surface area contributed by atoms with E-state index in [1.807, 2.05) is 0 Å². The van der Waals surface area contributed by atoms with Crippen LogP contribution in [-0.2, 0) is 30.4 Å². The molecule has 228 valence electrons. The number of nitrogens with one attached hydrogen (secondary N) is 5. The van der Waals surface area contributed by atoms with Crippen LogP contribution in [0.1, 0.15) is 31.7 Å². The topological polar surface area (TPSA) is 221 Å². The summed E-state index contributed by atoms with van der Waals surface area (Å²) in [6.45, 7) is 0.997. The Kier molecular flexibility index (Phi) is 13.6. The number of carbonyl (C=O) groups excluding carboxylic acids is 6. The van der Waals surface area contributed by atoms with Crippen LogP contribution in [0.5, 0.6) is 0 Å². The Bertz CT molecular complexity index is 1180. The first kappa shape index (κ1) is 33.4. The molecule has 15 nitrogen and oxygen atoms in total. The van der Waals surface area contributed by atoms with E-state index >= 15 is 0 Å². The zero-order chi connectivity index (χ0) is 31.1. The third kappa shape index (κ3) is 11.7. The summed E-state index contributed by atoms with van der Waals surface area (Å²) in [6.07, 6.45) is 1.66. The number of amides is 7. The fourth-order valence-electron chi connectivity index (χ4n) is 3.85. The van der Waals surface area contributed by atoms with Gasteiger partial charge >= 0.3 is 6.03 Å². The minimum atomic E-state index is -1.13. The van der Waals surface area contributed by atoms with Crippen molar-refractivity contribution in [3.8, 4) is 12.0 Å². The van der Waals surface area contributed by atoms with Crippen molar-refractivity contribution in [1.29, 1.82) is 0 Å². The monoisotopic (exact) mass is 585 g/mol. The van der Waals surface area contributed by atoms with Gasteiger partial charge < -0.3 is 37.6 Å². The summed E-state index contributed by atoms with van der Waals surface area (Å²) in [5.41, 5.74) is 13.9. The highest BCUT2D eigenvalue weighted by Gasteiger charge is 2.29. The number of benzene rings is 1. The van der Waals surface area contributed by atoms with Crippen molar-refractivity contribution < 1.29 is 28.8 Å². The predicted molar refractivity (Wildman–Crippen MR) is 152 cm³/mol. The molecule has 1 aliphatic heterocycles. The fraction of sp³-hybridized carbons (Fsp3) is 0.481. The maximum absolute atomic E-state index is 13.4. The van der Waals surface area contributed by atoms with Gasteiger partial charge in [0.25, 0.3) is 5.91 Å². The molecule has 0 aromatic heterocycles. The van der Waals surface area contributed by atoms with E-state index in [0.717, 1.165) is 10.6 Å². The predicted octanol–water partition coefficient (Wildman–Crippen LogP) is -2.73. The van der Waals surface area contributed by atoms with Crippen molar-refractivity contribution in [2.75, 3.05) is 33.2 Å². The van der Waals surface area contributed by atoms with Gasteiger partial charge in [-0.3, -0.25) is 29.4 Å². The van der Waals surface area contributed by atoms with Crippen LogP contribution in [0.2, 0.25) is 0 Å². The molecule has 0 aliphatic carbocycles. The van der Waals surface area contributed by atoms with Crippen LogP contribution in [0.25, 0.3) is 0 Å². The van der Waals surface area contributed by atoms with E-state index in [1.165, 1.54) is 6.92 Å². The second kappa shape index (κ2) is 17.1. The van der Waals surface area contributed by atoms with Crippen molar-refractivity contribution in [3.05, 3.63) is 35.9 Å². The molecule has 7 amide bonds. The summed E-state index contributed by atoms with van der Waals surface area (Å²) in [5.74, 6) is -0.447. The molecule has 1 aromatic carbocycles. The van der Waals surface area contributed by atoms with Gasteiger partial charge in [-0.25, -0.2) is 9.80 Å². The molecular weight excluding hydrogens is 546 g/mol. The van der Waals surface area contributed by atoms with Gasteiger partial charge in [0.2, 0.25) is 23.6 Å². The standard InChI is InChI=1S/C27H39N9O6/c1-18(31-23(38)17-30-22(37)16-28)25(40)34-36-14-8-13-35(2)12-7-6-11-20(24(29)39)32-26(41)21(33-27(36)42)15-19-9-4-3-5-10-19/h3-5,9-10,18,20-21H,6-7,11-12,14-17,28H2,1-2H3,(H2,29,39)(H,30,37)(H,31,38)(H,32,41)(H,33,42)(H,34,40)/t18-,20-,21+/m0/s1. The average molecular weight is 586 g/mol. The molecule has 42 heavy (non-hydrogen) atoms. The van der Waals surface area contributed by atoms with Crippen molar-refractivity contribution >= 4 is 35.6 Å². The van der Waals surface area contributed by atoms with Gasteiger partial charge in [-0.05, 0) is 31.7 Å². The zero-order valence-corrected chi connectivity index (χ0v) is 23.8. The van der Waals surface area contributed by atoms with Gasteiger partial charge in [-0.1, -0.05) is 36.3 Å². The number of primary amides is 1. The number of hydrogen-bond acceptors (Lipinski definition) is 8. The second-order valence-corrected chi connectivity index (χ2v) is 9.69. The maximum Gasteiger partial charge on any atom is 0.337 e. The van der Waals surface area contributed by atoms with Crippen molar-refractivity contribution in [2.45, 2.75) is 50.7 Å². The molecule has 0 spiro atoms. The van der Waals surface area contributed by atoms with Gasteiger partial charge in [0, 0.05) is 26.1 Å². The quantitative estimate of drug-likeness (QED) is 0.150. The number of hydrogen-bond donors (Lipinski definition) is 7. The molecular formula is C27H39N9O6. The molecule has 0 bridgehead atoms. The van der Waals surface area contributed by atoms with E-state index in [1.54, 1.807) is 42.3 Å². The number of rotatable bonds is 9. The van der Waals surface area contributed by atoms with Crippen LogP contribution in [0.3, 0.4) is 0 Å². The molecule has 15 heteroatoms. The lowest BCUT2D eigenvalue weighted by Gasteiger charge is -2.27. The zero-order valence-electron chi connectivity index (χ0n) is 23.8. The van der Waals surface area contributed by atoms with Crippen LogP contribution in [0.15, 0.2) is 30.3 Å². The summed E-state index contributed by atoms with van der Waals surface area (Å²) in [6, 6.07) is 7.78. The highest BCUT2D eigenvalue weighted by molar-refractivity contribution is 5.93. The normalized spacial score (nSPS) is 18.9. The third-order valence-electron chi connectivity index (χ3n) is 6.19. The van der Waals surface area contributed by atoms with E-state index in [4.69, 9.17) is 11.5 Å². The first-order chi connectivity index (χ1) is 20.0. The highest BCUT2D eigenvalue weighted by Crippen LogP contribution is 2.07. The Morgan fingerprint density at radius 1 is 1.10 bits per heavy atom. The molecule has 0 fully saturated rings. The Morgan fingerprint density at radius 3 is 2.48 bits per heavy atom. The van der Waals surface area contributed by atoms with Crippen LogP contribution in [-0.4, -0.2) is 96.8 Å². The van der Waals surface area contributed by atoms with E-state index in [9.17, 15) is 28.8 Å². The van der Waals surface area contributed by atoms with Crippen molar-refractivity contribution in [1.82, 2.24) is 36.6 Å². The summed E-state index contributed by atoms with van der Waals surface area (Å²) in [7, 11) is 1.75. The summed E-state index contributed by atoms with van der Waals surface area (Å²) in [4.78, 5) is 76.7. The largest absolute Gasteiger partial charge is 0.368 e. The first-order valence-electron chi connectivity index (χ1n) is 13.5. The molecule has 0 saturated heterocycles. The molecule has 3 atom stereocenters. The third-order valence-corrected chi connectivity index (χ3v) is 6.19. The van der Waals surface area contributed by atoms with Crippen LogP contribution >= 0.6 is 0 Å². The van der Waals surface area contributed by atoms with Crippen molar-refractivity contribution in [3.63, 3.8) is 0 Å². The fourth-order valence-corrected chi connectivity index (χ4v) is 3.85. The minimum Gasteiger partial charge on any atom is -0.368 e. The lowest BCUT2D eigenvalue weighted by molar-refractivity contribution is -0.131. The SMILES string of the molecule is C[C@H](NC(=O)CNC(=O)CN)C(=O)NN1CC#CN(C)CCCC[C@@H](C(N)=O)NC(=O)[C@@H](Cc2ccccc2)NC1=O. The Morgan fingerprint density at radius 2 is 1.81 bits per heavy atom. The number of hydrazine groups is 1. The number of urea groups is 1. The average Bonchev–Trinajstić information content (AvgIpc) is 2.96. The van der Waals surface area contributed by atoms with Crippen molar-refractivity contribution in [2.24, 2.45) is 11.5 Å². The lowest BCUT2D eigenvalue weighted by atomic mass is 10.0. The van der Waals surface area contributed by atoms with Crippen LogP contribution in [0.4, 0.5) is 4.79 Å². The van der Waals surface area contributed by atoms with Gasteiger partial charge in [-0.2, -0.15) is 0 Å². The van der Waals surface area contributed by atoms with Gasteiger partial charge in [0.15, 0.2) is 0 Å². The Balaban J connectivity index is 2.26. The van der Waals surface area contributed by atoms with E-state index in [2.05, 4.69) is 38.7 Å². The molecule has 1 aromatic rings. The first-order valence-corrected chi connectivity index (χ1v) is 13.5. The van der Waals surface area contributed by atoms with E-state index in [0.29, 0.717) is 25.8 Å². The minimum absolute atomic E-state index is 0.0844. The Labute approximate surface area is 244 Å². The van der Waals surface area contributed by atoms with Gasteiger partial charge in [0.1, 0.15) is 24.7 Å². The maximum atomic E-state index is 13.4. The number of carbonyl (C=O) groups is 6. The smallest absolute Gasteiger partial charge is 0.337 e. The van der Waals surface area contributed by atoms with Crippen LogP contribution in [0, 0.1) is 12.0 Å². The van der Waals surface area contributed by atoms with Gasteiger partial charge in [0.05, 0.1) is 13.1 Å². The van der Waals surface area contributed by atoms with Gasteiger partial charge in [-0.15, -0.1) is 0 Å². The molecule has 2 rings (SSSR count). The number of nitrogens with two attached hydrogens (primary N) is 2. The van der Waals surface area contributed by atoms with Crippen LogP contribution < -0.4 is 38.2 Å². The Hall–Kier alpha value is -4.84. The molecule has 0 saturated carbocycles. The molecule has 1 aliphatic rings. The highest BCUT2D eigenvalue weighted by atomic mass is 16.2. The number of nitrogens with zero attached hydrogens (tertiary/aromatic N) is 2. The van der Waals surface area contributed by atoms with E-state index < -0.39 is 60.2 Å². The summed E-state index contributed by atoms with van der Waals surface area (Å²) in [5, 5.41) is 10.8. The second-order valence-electron chi connectivity index (χ2n) is 9.69. The molecule has 0 radical (unpaired) electrons.